The van der Waals surface area contributed by atoms with E-state index in [1.54, 1.807) is 0 Å². The Morgan fingerprint density at radius 3 is 2.54 bits per heavy atom. The van der Waals surface area contributed by atoms with Crippen molar-refractivity contribution in [2.45, 2.75) is 59.7 Å². The Bertz CT molecular complexity index is 584. The van der Waals surface area contributed by atoms with E-state index >= 15 is 0 Å². The molecule has 0 aliphatic carbocycles. The third-order valence-corrected chi connectivity index (χ3v) is 4.67. The smallest absolute Gasteiger partial charge is 0.315 e. The summed E-state index contributed by atoms with van der Waals surface area (Å²) in [6, 6.07) is 0.170. The predicted molar refractivity (Wildman–Crippen MR) is 97.0 cm³/mol. The van der Waals surface area contributed by atoms with Gasteiger partial charge in [-0.1, -0.05) is 12.2 Å². The molecular weight excluding hydrogens is 302 g/mol. The quantitative estimate of drug-likeness (QED) is 0.786. The molecule has 0 unspecified atom stereocenters. The van der Waals surface area contributed by atoms with Crippen LogP contribution in [0.3, 0.4) is 0 Å². The van der Waals surface area contributed by atoms with Gasteiger partial charge in [0.2, 0.25) is 0 Å². The molecule has 2 rings (SSSR count). The number of carbonyl (C=O) groups excluding carboxylic acids is 1. The Labute approximate surface area is 145 Å². The van der Waals surface area contributed by atoms with Crippen LogP contribution in [-0.2, 0) is 13.1 Å². The first-order valence-corrected chi connectivity index (χ1v) is 8.84. The van der Waals surface area contributed by atoms with E-state index in [1.807, 2.05) is 11.6 Å². The Kier molecular flexibility index (Phi) is 6.43. The Morgan fingerprint density at radius 2 is 2.00 bits per heavy atom. The molecule has 2 N–H and O–H groups in total. The lowest BCUT2D eigenvalue weighted by Crippen LogP contribution is -2.48. The molecule has 1 aromatic rings. The minimum Gasteiger partial charge on any atom is -0.335 e. The van der Waals surface area contributed by atoms with E-state index in [1.165, 1.54) is 5.57 Å². The molecule has 0 spiro atoms. The minimum atomic E-state index is -0.0867. The summed E-state index contributed by atoms with van der Waals surface area (Å²) in [4.78, 5) is 14.6. The van der Waals surface area contributed by atoms with E-state index in [-0.39, 0.29) is 12.1 Å². The monoisotopic (exact) mass is 333 g/mol. The van der Waals surface area contributed by atoms with E-state index in [0.29, 0.717) is 6.54 Å². The van der Waals surface area contributed by atoms with Crippen LogP contribution in [0, 0.1) is 13.8 Å². The first kappa shape index (κ1) is 18.5. The summed E-state index contributed by atoms with van der Waals surface area (Å²) < 4.78 is 1.97. The Balaban J connectivity index is 1.76. The zero-order chi connectivity index (χ0) is 17.7. The van der Waals surface area contributed by atoms with E-state index in [9.17, 15) is 4.79 Å². The van der Waals surface area contributed by atoms with E-state index in [2.05, 4.69) is 48.0 Å². The summed E-state index contributed by atoms with van der Waals surface area (Å²) in [5.74, 6) is 0. The van der Waals surface area contributed by atoms with Crippen molar-refractivity contribution in [3.63, 3.8) is 0 Å². The van der Waals surface area contributed by atoms with Gasteiger partial charge in [0.05, 0.1) is 5.69 Å². The van der Waals surface area contributed by atoms with Crippen LogP contribution in [0.25, 0.3) is 0 Å². The number of urea groups is 1. The maximum absolute atomic E-state index is 12.2. The third-order valence-electron chi connectivity index (χ3n) is 4.67. The SMILES string of the molecule is C=C(C)CN1CCC(NC(=O)NCc2c(C)nn(CC)c2C)CC1. The van der Waals surface area contributed by atoms with Gasteiger partial charge in [-0.3, -0.25) is 9.58 Å². The number of likely N-dealkylation sites (tertiary alicyclic amines) is 1. The number of amides is 2. The van der Waals surface area contributed by atoms with Crippen molar-refractivity contribution in [2.24, 2.45) is 0 Å². The number of aromatic nitrogens is 2. The molecule has 2 amide bonds. The lowest BCUT2D eigenvalue weighted by Gasteiger charge is -2.32. The van der Waals surface area contributed by atoms with E-state index in [0.717, 1.165) is 56.0 Å². The van der Waals surface area contributed by atoms with Gasteiger partial charge >= 0.3 is 6.03 Å². The summed E-state index contributed by atoms with van der Waals surface area (Å²) >= 11 is 0. The number of carbonyl (C=O) groups is 1. The van der Waals surface area contributed by atoms with Gasteiger partial charge in [-0.05, 0) is 40.5 Å². The van der Waals surface area contributed by atoms with Crippen molar-refractivity contribution in [1.82, 2.24) is 25.3 Å². The van der Waals surface area contributed by atoms with E-state index < -0.39 is 0 Å². The van der Waals surface area contributed by atoms with Crippen LogP contribution in [0.4, 0.5) is 4.79 Å². The summed E-state index contributed by atoms with van der Waals surface area (Å²) in [7, 11) is 0. The second-order valence-electron chi connectivity index (χ2n) is 6.80. The Hall–Kier alpha value is -1.82. The molecule has 0 bridgehead atoms. The molecule has 1 aliphatic rings. The summed E-state index contributed by atoms with van der Waals surface area (Å²) in [5, 5.41) is 10.6. The zero-order valence-electron chi connectivity index (χ0n) is 15.5. The van der Waals surface area contributed by atoms with Crippen molar-refractivity contribution in [3.05, 3.63) is 29.1 Å². The molecular formula is C18H31N5O. The molecule has 1 aliphatic heterocycles. The normalized spacial score (nSPS) is 16.2. The molecule has 24 heavy (non-hydrogen) atoms. The van der Waals surface area contributed by atoms with Crippen LogP contribution in [0.5, 0.6) is 0 Å². The van der Waals surface area contributed by atoms with Crippen LogP contribution < -0.4 is 10.6 Å². The second-order valence-corrected chi connectivity index (χ2v) is 6.80. The van der Waals surface area contributed by atoms with Crippen molar-refractivity contribution in [3.8, 4) is 0 Å². The Morgan fingerprint density at radius 1 is 1.33 bits per heavy atom. The third kappa shape index (κ3) is 4.84. The van der Waals surface area contributed by atoms with Gasteiger partial charge in [0.25, 0.3) is 0 Å². The minimum absolute atomic E-state index is 0.0867. The summed E-state index contributed by atoms with van der Waals surface area (Å²) in [5.41, 5.74) is 4.42. The molecule has 1 aromatic heterocycles. The average molecular weight is 333 g/mol. The van der Waals surface area contributed by atoms with Gasteiger partial charge in [0.1, 0.15) is 0 Å². The standard InChI is InChI=1S/C18H31N5O/c1-6-23-15(5)17(14(4)21-23)11-19-18(24)20-16-7-9-22(10-8-16)12-13(2)3/h16H,2,6-12H2,1,3-5H3,(H2,19,20,24). The van der Waals surface area contributed by atoms with Crippen LogP contribution >= 0.6 is 0 Å². The largest absolute Gasteiger partial charge is 0.335 e. The van der Waals surface area contributed by atoms with Crippen LogP contribution in [0.1, 0.15) is 43.6 Å². The van der Waals surface area contributed by atoms with Gasteiger partial charge in [0.15, 0.2) is 0 Å². The molecule has 0 aromatic carbocycles. The molecule has 2 heterocycles. The van der Waals surface area contributed by atoms with Crippen molar-refractivity contribution >= 4 is 6.03 Å². The lowest BCUT2D eigenvalue weighted by atomic mass is 10.0. The van der Waals surface area contributed by atoms with Crippen molar-refractivity contribution in [2.75, 3.05) is 19.6 Å². The van der Waals surface area contributed by atoms with Crippen molar-refractivity contribution < 1.29 is 4.79 Å². The van der Waals surface area contributed by atoms with Crippen LogP contribution in [0.2, 0.25) is 0 Å². The number of hydrogen-bond donors (Lipinski definition) is 2. The average Bonchev–Trinajstić information content (AvgIpc) is 2.80. The molecule has 134 valence electrons. The lowest BCUT2D eigenvalue weighted by molar-refractivity contribution is 0.201. The molecule has 1 fully saturated rings. The fourth-order valence-corrected chi connectivity index (χ4v) is 3.32. The van der Waals surface area contributed by atoms with Crippen LogP contribution in [-0.4, -0.2) is 46.4 Å². The highest BCUT2D eigenvalue weighted by Gasteiger charge is 2.20. The highest BCUT2D eigenvalue weighted by Crippen LogP contribution is 2.13. The summed E-state index contributed by atoms with van der Waals surface area (Å²) in [6.07, 6.45) is 1.99. The number of nitrogens with one attached hydrogen (secondary N) is 2. The number of rotatable bonds is 6. The predicted octanol–water partition coefficient (Wildman–Crippen LogP) is 2.36. The van der Waals surface area contributed by atoms with Crippen LogP contribution in [0.15, 0.2) is 12.2 Å². The van der Waals surface area contributed by atoms with Gasteiger partial charge in [-0.15, -0.1) is 0 Å². The van der Waals surface area contributed by atoms with Gasteiger partial charge in [-0.25, -0.2) is 4.79 Å². The maximum Gasteiger partial charge on any atom is 0.315 e. The molecule has 0 saturated carbocycles. The summed E-state index contributed by atoms with van der Waals surface area (Å²) in [6.45, 7) is 16.5. The van der Waals surface area contributed by atoms with Gasteiger partial charge < -0.3 is 10.6 Å². The first-order valence-electron chi connectivity index (χ1n) is 8.84. The number of piperidine rings is 1. The molecule has 6 nitrogen and oxygen atoms in total. The van der Waals surface area contributed by atoms with Crippen molar-refractivity contribution in [1.29, 1.82) is 0 Å². The molecule has 6 heteroatoms. The fourth-order valence-electron chi connectivity index (χ4n) is 3.32. The highest BCUT2D eigenvalue weighted by atomic mass is 16.2. The van der Waals surface area contributed by atoms with E-state index in [4.69, 9.17) is 0 Å². The molecule has 0 atom stereocenters. The van der Waals surface area contributed by atoms with Gasteiger partial charge in [-0.2, -0.15) is 5.10 Å². The topological polar surface area (TPSA) is 62.2 Å². The zero-order valence-corrected chi connectivity index (χ0v) is 15.5. The number of aryl methyl sites for hydroxylation is 2. The molecule has 1 saturated heterocycles. The molecule has 0 radical (unpaired) electrons. The second kappa shape index (κ2) is 8.33. The number of hydrogen-bond acceptors (Lipinski definition) is 3. The maximum atomic E-state index is 12.2. The number of nitrogens with zero attached hydrogens (tertiary/aromatic N) is 3. The fraction of sp³-hybridized carbons (Fsp3) is 0.667. The first-order chi connectivity index (χ1) is 11.4. The van der Waals surface area contributed by atoms with Gasteiger partial charge in [0, 0.05) is 50.0 Å². The highest BCUT2D eigenvalue weighted by molar-refractivity contribution is 5.74.